The monoisotopic (exact) mass is 420 g/mol. The van der Waals surface area contributed by atoms with E-state index in [2.05, 4.69) is 42.4 Å². The highest BCUT2D eigenvalue weighted by Crippen LogP contribution is 2.29. The van der Waals surface area contributed by atoms with Crippen molar-refractivity contribution in [1.82, 2.24) is 15.2 Å². The minimum atomic E-state index is -0.0355. The van der Waals surface area contributed by atoms with Crippen LogP contribution in [-0.4, -0.2) is 9.78 Å². The Hall–Kier alpha value is -0.400. The SMILES string of the molecule is Cc1nn(C)c(CC(NN)c2ccc(Br)c(Cl)c2)c1Br. The molecule has 0 amide bonds. The molecule has 2 aromatic rings. The predicted octanol–water partition coefficient (Wildman–Crippen LogP) is 3.65. The van der Waals surface area contributed by atoms with Crippen molar-refractivity contribution in [2.24, 2.45) is 12.9 Å². The van der Waals surface area contributed by atoms with Crippen LogP contribution in [0.25, 0.3) is 0 Å². The van der Waals surface area contributed by atoms with Crippen molar-refractivity contribution in [3.8, 4) is 0 Å². The fourth-order valence-electron chi connectivity index (χ4n) is 2.10. The van der Waals surface area contributed by atoms with Crippen LogP contribution in [0.3, 0.4) is 0 Å². The van der Waals surface area contributed by atoms with E-state index in [1.807, 2.05) is 36.9 Å². The lowest BCUT2D eigenvalue weighted by Gasteiger charge is -2.17. The Balaban J connectivity index is 2.31. The van der Waals surface area contributed by atoms with Gasteiger partial charge in [-0.3, -0.25) is 16.0 Å². The Morgan fingerprint density at radius 1 is 1.45 bits per heavy atom. The molecule has 0 saturated heterocycles. The summed E-state index contributed by atoms with van der Waals surface area (Å²) in [7, 11) is 1.93. The molecule has 7 heteroatoms. The molecule has 20 heavy (non-hydrogen) atoms. The second-order valence-electron chi connectivity index (χ2n) is 4.57. The van der Waals surface area contributed by atoms with Crippen molar-refractivity contribution in [3.05, 3.63) is 49.1 Å². The quantitative estimate of drug-likeness (QED) is 0.584. The molecular formula is C13H15Br2ClN4. The van der Waals surface area contributed by atoms with Gasteiger partial charge in [0.25, 0.3) is 0 Å². The third kappa shape index (κ3) is 3.26. The molecule has 0 spiro atoms. The zero-order valence-electron chi connectivity index (χ0n) is 11.1. The third-order valence-electron chi connectivity index (χ3n) is 3.21. The first-order valence-corrected chi connectivity index (χ1v) is 7.99. The molecule has 2 rings (SSSR count). The van der Waals surface area contributed by atoms with Crippen molar-refractivity contribution >= 4 is 43.5 Å². The van der Waals surface area contributed by atoms with Gasteiger partial charge in [0.1, 0.15) is 0 Å². The largest absolute Gasteiger partial charge is 0.271 e. The molecule has 0 aliphatic heterocycles. The van der Waals surface area contributed by atoms with Gasteiger partial charge in [-0.2, -0.15) is 5.10 Å². The van der Waals surface area contributed by atoms with Crippen LogP contribution in [0.5, 0.6) is 0 Å². The molecule has 1 aromatic heterocycles. The number of halogens is 3. The molecule has 0 aliphatic rings. The topological polar surface area (TPSA) is 55.9 Å². The maximum Gasteiger partial charge on any atom is 0.0738 e. The van der Waals surface area contributed by atoms with Crippen LogP contribution < -0.4 is 11.3 Å². The highest BCUT2D eigenvalue weighted by molar-refractivity contribution is 9.10. The average Bonchev–Trinajstić information content (AvgIpc) is 2.65. The summed E-state index contributed by atoms with van der Waals surface area (Å²) in [5.74, 6) is 5.70. The number of aryl methyl sites for hydroxylation is 2. The van der Waals surface area contributed by atoms with E-state index in [9.17, 15) is 0 Å². The van der Waals surface area contributed by atoms with Crippen LogP contribution in [0, 0.1) is 6.92 Å². The van der Waals surface area contributed by atoms with E-state index in [1.165, 1.54) is 0 Å². The van der Waals surface area contributed by atoms with Gasteiger partial charge >= 0.3 is 0 Å². The second-order valence-corrected chi connectivity index (χ2v) is 6.62. The van der Waals surface area contributed by atoms with Gasteiger partial charge in [0.2, 0.25) is 0 Å². The maximum atomic E-state index is 6.14. The van der Waals surface area contributed by atoms with E-state index >= 15 is 0 Å². The smallest absolute Gasteiger partial charge is 0.0738 e. The van der Waals surface area contributed by atoms with Gasteiger partial charge in [-0.25, -0.2) is 0 Å². The number of nitrogens with one attached hydrogen (secondary N) is 1. The molecule has 0 aliphatic carbocycles. The number of aromatic nitrogens is 2. The van der Waals surface area contributed by atoms with Crippen molar-refractivity contribution in [3.63, 3.8) is 0 Å². The number of rotatable bonds is 4. The van der Waals surface area contributed by atoms with Crippen LogP contribution in [0.15, 0.2) is 27.1 Å². The van der Waals surface area contributed by atoms with E-state index in [4.69, 9.17) is 17.4 Å². The summed E-state index contributed by atoms with van der Waals surface area (Å²) >= 11 is 13.1. The molecular weight excluding hydrogens is 407 g/mol. The van der Waals surface area contributed by atoms with E-state index in [0.29, 0.717) is 11.4 Å². The summed E-state index contributed by atoms with van der Waals surface area (Å²) in [6.45, 7) is 1.97. The first kappa shape index (κ1) is 16.0. The Bertz CT molecular complexity index is 627. The molecule has 1 aromatic carbocycles. The molecule has 1 atom stereocenters. The lowest BCUT2D eigenvalue weighted by molar-refractivity contribution is 0.529. The van der Waals surface area contributed by atoms with E-state index < -0.39 is 0 Å². The third-order valence-corrected chi connectivity index (χ3v) is 5.47. The standard InChI is InChI=1S/C13H15Br2ClN4/c1-7-13(15)12(20(2)19-7)6-11(18-17)8-3-4-9(14)10(16)5-8/h3-5,11,18H,6,17H2,1-2H3. The van der Waals surface area contributed by atoms with E-state index in [-0.39, 0.29) is 6.04 Å². The summed E-state index contributed by atoms with van der Waals surface area (Å²) in [5, 5.41) is 5.06. The second kappa shape index (κ2) is 6.58. The first-order chi connectivity index (χ1) is 9.43. The van der Waals surface area contributed by atoms with Crippen LogP contribution >= 0.6 is 43.5 Å². The number of nitrogens with zero attached hydrogens (tertiary/aromatic N) is 2. The Kier molecular flexibility index (Phi) is 5.25. The minimum Gasteiger partial charge on any atom is -0.271 e. The first-order valence-electron chi connectivity index (χ1n) is 6.03. The predicted molar refractivity (Wildman–Crippen MR) is 88.6 cm³/mol. The number of benzene rings is 1. The highest BCUT2D eigenvalue weighted by atomic mass is 79.9. The number of hydrogen-bond acceptors (Lipinski definition) is 3. The summed E-state index contributed by atoms with van der Waals surface area (Å²) < 4.78 is 3.75. The van der Waals surface area contributed by atoms with Gasteiger partial charge < -0.3 is 0 Å². The fraction of sp³-hybridized carbons (Fsp3) is 0.308. The molecule has 1 unspecified atom stereocenters. The van der Waals surface area contributed by atoms with Crippen LogP contribution in [0.4, 0.5) is 0 Å². The van der Waals surface area contributed by atoms with Gasteiger partial charge in [-0.1, -0.05) is 17.7 Å². The van der Waals surface area contributed by atoms with Crippen molar-refractivity contribution in [1.29, 1.82) is 0 Å². The van der Waals surface area contributed by atoms with E-state index in [1.54, 1.807) is 0 Å². The highest BCUT2D eigenvalue weighted by Gasteiger charge is 2.18. The van der Waals surface area contributed by atoms with Gasteiger partial charge in [-0.15, -0.1) is 0 Å². The lowest BCUT2D eigenvalue weighted by Crippen LogP contribution is -2.30. The Labute approximate surface area is 139 Å². The lowest BCUT2D eigenvalue weighted by atomic mass is 10.0. The number of nitrogens with two attached hydrogens (primary N) is 1. The molecule has 0 saturated carbocycles. The molecule has 0 fully saturated rings. The Morgan fingerprint density at radius 3 is 2.65 bits per heavy atom. The summed E-state index contributed by atoms with van der Waals surface area (Å²) in [4.78, 5) is 0. The average molecular weight is 423 g/mol. The van der Waals surface area contributed by atoms with Gasteiger partial charge in [0, 0.05) is 17.9 Å². The molecule has 0 radical (unpaired) electrons. The number of hydrogen-bond donors (Lipinski definition) is 2. The normalized spacial score (nSPS) is 12.7. The van der Waals surface area contributed by atoms with Crippen molar-refractivity contribution in [2.75, 3.05) is 0 Å². The zero-order valence-corrected chi connectivity index (χ0v) is 15.1. The molecule has 108 valence electrons. The fourth-order valence-corrected chi connectivity index (χ4v) is 3.03. The molecule has 0 bridgehead atoms. The molecule has 4 nitrogen and oxygen atoms in total. The summed E-state index contributed by atoms with van der Waals surface area (Å²) in [6, 6.07) is 5.79. The van der Waals surface area contributed by atoms with E-state index in [0.717, 1.165) is 25.9 Å². The molecule has 1 heterocycles. The van der Waals surface area contributed by atoms with Gasteiger partial charge in [0.05, 0.1) is 26.9 Å². The van der Waals surface area contributed by atoms with Crippen LogP contribution in [0.1, 0.15) is 23.0 Å². The minimum absolute atomic E-state index is 0.0355. The summed E-state index contributed by atoms with van der Waals surface area (Å²) in [5.41, 5.74) is 5.93. The zero-order chi connectivity index (χ0) is 14.9. The van der Waals surface area contributed by atoms with Crippen molar-refractivity contribution < 1.29 is 0 Å². The summed E-state index contributed by atoms with van der Waals surface area (Å²) in [6.07, 6.45) is 0.715. The van der Waals surface area contributed by atoms with Crippen LogP contribution in [0.2, 0.25) is 5.02 Å². The Morgan fingerprint density at radius 2 is 2.15 bits per heavy atom. The van der Waals surface area contributed by atoms with Gasteiger partial charge in [0.15, 0.2) is 0 Å². The van der Waals surface area contributed by atoms with Crippen LogP contribution in [-0.2, 0) is 13.5 Å². The molecule has 3 N–H and O–H groups in total. The maximum absolute atomic E-state index is 6.14. The van der Waals surface area contributed by atoms with Gasteiger partial charge in [-0.05, 0) is 56.5 Å². The van der Waals surface area contributed by atoms with Crippen molar-refractivity contribution in [2.45, 2.75) is 19.4 Å². The number of hydrazine groups is 1.